The molecule has 1 fully saturated rings. The first-order valence-electron chi connectivity index (χ1n) is 11.0. The van der Waals surface area contributed by atoms with Gasteiger partial charge in [0.2, 0.25) is 0 Å². The molecule has 4 rings (SSSR count). The fourth-order valence-corrected chi connectivity index (χ4v) is 4.83. The first-order valence-corrected chi connectivity index (χ1v) is 11.4. The normalized spacial score (nSPS) is 19.9. The lowest BCUT2D eigenvalue weighted by molar-refractivity contribution is 0.306. The van der Waals surface area contributed by atoms with E-state index in [1.54, 1.807) is 0 Å². The van der Waals surface area contributed by atoms with Crippen LogP contribution in [0.25, 0.3) is 10.8 Å². The molecule has 3 N–H and O–H groups in total. The summed E-state index contributed by atoms with van der Waals surface area (Å²) in [5.74, 6) is 0. The minimum absolute atomic E-state index is 0.149. The molecule has 1 aliphatic rings. The molecule has 0 unspecified atom stereocenters. The lowest BCUT2D eigenvalue weighted by Gasteiger charge is -2.34. The van der Waals surface area contributed by atoms with Crippen LogP contribution in [-0.4, -0.2) is 17.2 Å². The van der Waals surface area contributed by atoms with Crippen LogP contribution in [-0.2, 0) is 6.54 Å². The zero-order valence-corrected chi connectivity index (χ0v) is 18.4. The van der Waals surface area contributed by atoms with Crippen molar-refractivity contribution >= 4 is 28.1 Å². The monoisotopic (exact) mass is 417 g/mol. The van der Waals surface area contributed by atoms with Crippen LogP contribution in [0, 0.1) is 0 Å². The molecule has 0 bridgehead atoms. The summed E-state index contributed by atoms with van der Waals surface area (Å²) in [4.78, 5) is 0. The molecular formula is C26H31N3S. The fraction of sp³-hybridized carbons (Fsp3) is 0.346. The molecule has 0 heterocycles. The molecule has 156 valence electrons. The van der Waals surface area contributed by atoms with Gasteiger partial charge < -0.3 is 16.0 Å². The molecule has 3 nitrogen and oxygen atoms in total. The molecule has 0 radical (unpaired) electrons. The van der Waals surface area contributed by atoms with Crippen molar-refractivity contribution in [3.8, 4) is 0 Å². The average molecular weight is 418 g/mol. The van der Waals surface area contributed by atoms with Crippen molar-refractivity contribution in [3.63, 3.8) is 0 Å². The van der Waals surface area contributed by atoms with E-state index in [1.807, 2.05) is 0 Å². The third-order valence-electron chi connectivity index (χ3n) is 6.13. The summed E-state index contributed by atoms with van der Waals surface area (Å²) in [5.41, 5.74) is 2.60. The Morgan fingerprint density at radius 3 is 2.43 bits per heavy atom. The minimum atomic E-state index is 0.149. The van der Waals surface area contributed by atoms with E-state index >= 15 is 0 Å². The zero-order chi connectivity index (χ0) is 20.8. The maximum absolute atomic E-state index is 5.71. The number of fused-ring (bicyclic) bond motifs is 1. The molecule has 0 saturated heterocycles. The Labute approximate surface area is 185 Å². The number of hydrogen-bond acceptors (Lipinski definition) is 2. The Bertz CT molecular complexity index is 967. The van der Waals surface area contributed by atoms with Gasteiger partial charge in [-0.2, -0.15) is 0 Å². The molecule has 1 saturated carbocycles. The molecule has 4 heteroatoms. The quantitative estimate of drug-likeness (QED) is 0.465. The summed E-state index contributed by atoms with van der Waals surface area (Å²) in [6.07, 6.45) is 4.86. The van der Waals surface area contributed by atoms with Crippen LogP contribution in [0.15, 0.2) is 72.8 Å². The first kappa shape index (κ1) is 20.8. The third-order valence-corrected chi connectivity index (χ3v) is 6.37. The molecule has 3 atom stereocenters. The third kappa shape index (κ3) is 5.18. The maximum Gasteiger partial charge on any atom is 0.167 e. The Morgan fingerprint density at radius 1 is 0.900 bits per heavy atom. The van der Waals surface area contributed by atoms with E-state index in [0.29, 0.717) is 12.1 Å². The van der Waals surface area contributed by atoms with Gasteiger partial charge in [0.1, 0.15) is 0 Å². The summed E-state index contributed by atoms with van der Waals surface area (Å²) < 4.78 is 0. The smallest absolute Gasteiger partial charge is 0.167 e. The van der Waals surface area contributed by atoms with Crippen molar-refractivity contribution in [3.05, 3.63) is 83.9 Å². The largest absolute Gasteiger partial charge is 0.358 e. The molecule has 3 aromatic carbocycles. The maximum atomic E-state index is 5.71. The molecular weight excluding hydrogens is 386 g/mol. The predicted octanol–water partition coefficient (Wildman–Crippen LogP) is 5.47. The van der Waals surface area contributed by atoms with Crippen LogP contribution in [0.1, 0.15) is 49.8 Å². The number of benzene rings is 3. The van der Waals surface area contributed by atoms with Crippen molar-refractivity contribution in [1.82, 2.24) is 16.0 Å². The SMILES string of the molecule is C[C@H](NC(=S)N[C@@H]1CCCC[C@H]1NCc1ccccc1)c1cccc2ccccc12. The second kappa shape index (κ2) is 10.1. The molecule has 0 spiro atoms. The van der Waals surface area contributed by atoms with Gasteiger partial charge in [-0.15, -0.1) is 0 Å². The van der Waals surface area contributed by atoms with Gasteiger partial charge in [0.15, 0.2) is 5.11 Å². The van der Waals surface area contributed by atoms with E-state index in [4.69, 9.17) is 12.2 Å². The highest BCUT2D eigenvalue weighted by Gasteiger charge is 2.25. The summed E-state index contributed by atoms with van der Waals surface area (Å²) in [6.45, 7) is 3.08. The highest BCUT2D eigenvalue weighted by Crippen LogP contribution is 2.24. The van der Waals surface area contributed by atoms with Gasteiger partial charge in [-0.1, -0.05) is 85.6 Å². The van der Waals surface area contributed by atoms with Crippen LogP contribution >= 0.6 is 12.2 Å². The standard InChI is InChI=1S/C26H31N3S/c1-19(22-15-9-13-21-12-5-6-14-23(21)22)28-26(30)29-25-17-8-7-16-24(25)27-18-20-10-3-2-4-11-20/h2-6,9-15,19,24-25,27H,7-8,16-18H2,1H3,(H2,28,29,30)/t19-,24+,25+/m0/s1. The Kier molecular flexibility index (Phi) is 6.98. The lowest BCUT2D eigenvalue weighted by Crippen LogP contribution is -2.53. The number of hydrogen-bond donors (Lipinski definition) is 3. The molecule has 30 heavy (non-hydrogen) atoms. The van der Waals surface area contributed by atoms with Crippen LogP contribution in [0.5, 0.6) is 0 Å². The van der Waals surface area contributed by atoms with Crippen LogP contribution in [0.2, 0.25) is 0 Å². The van der Waals surface area contributed by atoms with Crippen molar-refractivity contribution in [1.29, 1.82) is 0 Å². The lowest BCUT2D eigenvalue weighted by atomic mass is 9.90. The van der Waals surface area contributed by atoms with Crippen molar-refractivity contribution in [2.75, 3.05) is 0 Å². The van der Waals surface area contributed by atoms with Gasteiger partial charge in [0.25, 0.3) is 0 Å². The van der Waals surface area contributed by atoms with Gasteiger partial charge in [0.05, 0.1) is 6.04 Å². The molecule has 0 amide bonds. The van der Waals surface area contributed by atoms with E-state index in [1.165, 1.54) is 41.2 Å². The van der Waals surface area contributed by atoms with Gasteiger partial charge >= 0.3 is 0 Å². The topological polar surface area (TPSA) is 36.1 Å². The molecule has 0 aliphatic heterocycles. The van der Waals surface area contributed by atoms with E-state index in [0.717, 1.165) is 18.1 Å². The second-order valence-electron chi connectivity index (χ2n) is 8.27. The summed E-state index contributed by atoms with van der Waals surface area (Å²) in [5, 5.41) is 14.2. The van der Waals surface area contributed by atoms with Crippen molar-refractivity contribution in [2.45, 2.75) is 57.3 Å². The van der Waals surface area contributed by atoms with Crippen LogP contribution < -0.4 is 16.0 Å². The van der Waals surface area contributed by atoms with Crippen molar-refractivity contribution < 1.29 is 0 Å². The van der Waals surface area contributed by atoms with Gasteiger partial charge in [-0.25, -0.2) is 0 Å². The summed E-state index contributed by atoms with van der Waals surface area (Å²) in [6, 6.07) is 26.6. The molecule has 0 aromatic heterocycles. The van der Waals surface area contributed by atoms with Gasteiger partial charge in [-0.05, 0) is 53.9 Å². The molecule has 1 aliphatic carbocycles. The van der Waals surface area contributed by atoms with E-state index in [9.17, 15) is 0 Å². The van der Waals surface area contributed by atoms with Crippen LogP contribution in [0.3, 0.4) is 0 Å². The number of rotatable bonds is 6. The number of nitrogens with one attached hydrogen (secondary N) is 3. The van der Waals surface area contributed by atoms with Gasteiger partial charge in [-0.3, -0.25) is 0 Å². The summed E-state index contributed by atoms with van der Waals surface area (Å²) >= 11 is 5.71. The van der Waals surface area contributed by atoms with Crippen molar-refractivity contribution in [2.24, 2.45) is 0 Å². The predicted molar refractivity (Wildman–Crippen MR) is 131 cm³/mol. The Balaban J connectivity index is 1.36. The highest BCUT2D eigenvalue weighted by atomic mass is 32.1. The Morgan fingerprint density at radius 2 is 1.60 bits per heavy atom. The first-order chi connectivity index (χ1) is 14.7. The van der Waals surface area contributed by atoms with E-state index < -0.39 is 0 Å². The van der Waals surface area contributed by atoms with E-state index in [-0.39, 0.29) is 6.04 Å². The highest BCUT2D eigenvalue weighted by molar-refractivity contribution is 7.80. The second-order valence-corrected chi connectivity index (χ2v) is 8.68. The zero-order valence-electron chi connectivity index (χ0n) is 17.6. The van der Waals surface area contributed by atoms with Gasteiger partial charge in [0, 0.05) is 18.6 Å². The fourth-order valence-electron chi connectivity index (χ4n) is 4.51. The average Bonchev–Trinajstić information content (AvgIpc) is 2.78. The molecule has 3 aromatic rings. The van der Waals surface area contributed by atoms with Crippen LogP contribution in [0.4, 0.5) is 0 Å². The minimum Gasteiger partial charge on any atom is -0.358 e. The number of thiocarbonyl (C=S) groups is 1. The van der Waals surface area contributed by atoms with E-state index in [2.05, 4.69) is 95.7 Å². The Hall–Kier alpha value is -2.43. The summed E-state index contributed by atoms with van der Waals surface area (Å²) in [7, 11) is 0.